The summed E-state index contributed by atoms with van der Waals surface area (Å²) in [5, 5.41) is 0. The minimum absolute atomic E-state index is 0. The van der Waals surface area contributed by atoms with E-state index < -0.39 is 17.6 Å². The molecular formula is C16H25ClN6O5. The van der Waals surface area contributed by atoms with Gasteiger partial charge in [-0.25, -0.2) is 4.98 Å². The smallest absolute Gasteiger partial charge is 0.322 e. The molecule has 2 atom stereocenters. The van der Waals surface area contributed by atoms with Crippen molar-refractivity contribution in [3.05, 3.63) is 16.7 Å². The Morgan fingerprint density at radius 3 is 2.64 bits per heavy atom. The summed E-state index contributed by atoms with van der Waals surface area (Å²) in [7, 11) is 0. The van der Waals surface area contributed by atoms with Gasteiger partial charge in [-0.1, -0.05) is 6.92 Å². The summed E-state index contributed by atoms with van der Waals surface area (Å²) in [6.45, 7) is 3.79. The highest BCUT2D eigenvalue weighted by Crippen LogP contribution is 2.12. The number of imidazole rings is 1. The van der Waals surface area contributed by atoms with Crippen molar-refractivity contribution in [1.82, 2.24) is 19.5 Å². The Morgan fingerprint density at radius 1 is 1.32 bits per heavy atom. The Kier molecular flexibility index (Phi) is 8.86. The van der Waals surface area contributed by atoms with Crippen LogP contribution in [-0.4, -0.2) is 50.7 Å². The number of anilines is 1. The second-order valence-corrected chi connectivity index (χ2v) is 6.17. The number of aryl methyl sites for hydroxylation is 1. The normalized spacial score (nSPS) is 12.8. The van der Waals surface area contributed by atoms with Crippen LogP contribution in [0.1, 0.15) is 26.7 Å². The van der Waals surface area contributed by atoms with Gasteiger partial charge in [0.05, 0.1) is 19.5 Å². The molecule has 1 unspecified atom stereocenters. The number of fused-ring (bicyclic) bond motifs is 1. The summed E-state index contributed by atoms with van der Waals surface area (Å²) >= 11 is 0. The van der Waals surface area contributed by atoms with Crippen molar-refractivity contribution < 1.29 is 19.1 Å². The number of nitrogens with two attached hydrogens (primary N) is 2. The average Bonchev–Trinajstić information content (AvgIpc) is 3.03. The van der Waals surface area contributed by atoms with Gasteiger partial charge in [-0.15, -0.1) is 12.4 Å². The largest absolute Gasteiger partial charge is 0.465 e. The van der Waals surface area contributed by atoms with Crippen molar-refractivity contribution in [1.29, 1.82) is 0 Å². The fourth-order valence-electron chi connectivity index (χ4n) is 2.32. The summed E-state index contributed by atoms with van der Waals surface area (Å²) in [4.78, 5) is 45.3. The van der Waals surface area contributed by atoms with Crippen LogP contribution >= 0.6 is 12.4 Å². The monoisotopic (exact) mass is 416 g/mol. The molecule has 156 valence electrons. The second-order valence-electron chi connectivity index (χ2n) is 6.17. The van der Waals surface area contributed by atoms with Crippen LogP contribution in [0.15, 0.2) is 11.1 Å². The second kappa shape index (κ2) is 10.6. The lowest BCUT2D eigenvalue weighted by Crippen LogP contribution is -2.31. The van der Waals surface area contributed by atoms with Crippen LogP contribution in [0.3, 0.4) is 0 Å². The SMILES string of the molecule is CCC(=O)OCC(CCn1cnc2c(=O)[nH]c(N)nc21)COC(=O)[C@H](C)N.Cl. The Bertz CT molecular complexity index is 865. The molecule has 5 N–H and O–H groups in total. The van der Waals surface area contributed by atoms with Gasteiger partial charge in [0.15, 0.2) is 11.2 Å². The molecule has 2 aromatic rings. The fourth-order valence-corrected chi connectivity index (χ4v) is 2.32. The molecule has 0 saturated carbocycles. The number of nitrogens with one attached hydrogen (secondary N) is 1. The number of hydrogen-bond acceptors (Lipinski definition) is 9. The zero-order valence-electron chi connectivity index (χ0n) is 15.7. The van der Waals surface area contributed by atoms with E-state index in [4.69, 9.17) is 20.9 Å². The van der Waals surface area contributed by atoms with Crippen molar-refractivity contribution in [3.63, 3.8) is 0 Å². The fraction of sp³-hybridized carbons (Fsp3) is 0.562. The lowest BCUT2D eigenvalue weighted by molar-refractivity contribution is -0.149. The summed E-state index contributed by atoms with van der Waals surface area (Å²) in [6, 6.07) is -0.736. The lowest BCUT2D eigenvalue weighted by atomic mass is 10.1. The molecule has 2 aromatic heterocycles. The van der Waals surface area contributed by atoms with Gasteiger partial charge < -0.3 is 25.5 Å². The minimum atomic E-state index is -0.736. The van der Waals surface area contributed by atoms with Crippen LogP contribution in [-0.2, 0) is 25.6 Å². The first-order chi connectivity index (χ1) is 12.8. The third-order valence-corrected chi connectivity index (χ3v) is 3.87. The Morgan fingerprint density at radius 2 is 2.00 bits per heavy atom. The van der Waals surface area contributed by atoms with Gasteiger partial charge in [0, 0.05) is 18.9 Å². The van der Waals surface area contributed by atoms with E-state index >= 15 is 0 Å². The van der Waals surface area contributed by atoms with Gasteiger partial charge in [-0.2, -0.15) is 4.98 Å². The van der Waals surface area contributed by atoms with Gasteiger partial charge in [-0.05, 0) is 13.3 Å². The van der Waals surface area contributed by atoms with Crippen LogP contribution in [0.5, 0.6) is 0 Å². The molecule has 0 spiro atoms. The van der Waals surface area contributed by atoms with Crippen LogP contribution < -0.4 is 17.0 Å². The van der Waals surface area contributed by atoms with Crippen molar-refractivity contribution >= 4 is 41.5 Å². The minimum Gasteiger partial charge on any atom is -0.465 e. The number of halogens is 1. The van der Waals surface area contributed by atoms with E-state index in [2.05, 4.69) is 15.0 Å². The van der Waals surface area contributed by atoms with E-state index in [1.165, 1.54) is 13.3 Å². The van der Waals surface area contributed by atoms with E-state index in [9.17, 15) is 14.4 Å². The van der Waals surface area contributed by atoms with Gasteiger partial charge in [-0.3, -0.25) is 19.4 Å². The molecule has 0 aromatic carbocycles. The number of H-pyrrole nitrogens is 1. The summed E-state index contributed by atoms with van der Waals surface area (Å²) in [5.41, 5.74) is 11.2. The average molecular weight is 417 g/mol. The molecule has 12 heteroatoms. The van der Waals surface area contributed by atoms with Crippen molar-refractivity contribution in [3.8, 4) is 0 Å². The Hall–Kier alpha value is -2.66. The maximum atomic E-state index is 11.8. The number of esters is 2. The highest BCUT2D eigenvalue weighted by molar-refractivity contribution is 5.85. The molecule has 0 amide bonds. The van der Waals surface area contributed by atoms with Crippen molar-refractivity contribution in [2.24, 2.45) is 11.7 Å². The standard InChI is InChI=1S/C16H24N6O5.ClH/c1-3-11(23)26-6-10(7-27-15(25)9(2)17)4-5-22-8-19-12-13(22)20-16(18)21-14(12)24;/h8-10H,3-7,17H2,1-2H3,(H3,18,20,21,24);1H/t9-,10?;/m0./s1. The molecular weight excluding hydrogens is 392 g/mol. The van der Waals surface area contributed by atoms with Crippen LogP contribution in [0.4, 0.5) is 5.95 Å². The third-order valence-electron chi connectivity index (χ3n) is 3.87. The highest BCUT2D eigenvalue weighted by atomic mass is 35.5. The molecule has 0 radical (unpaired) electrons. The van der Waals surface area contributed by atoms with Gasteiger partial charge in [0.25, 0.3) is 5.56 Å². The quantitative estimate of drug-likeness (QED) is 0.475. The number of nitrogen functional groups attached to an aromatic ring is 1. The lowest BCUT2D eigenvalue weighted by Gasteiger charge is -2.18. The number of aromatic amines is 1. The van der Waals surface area contributed by atoms with E-state index in [0.29, 0.717) is 18.6 Å². The number of rotatable bonds is 9. The van der Waals surface area contributed by atoms with Crippen LogP contribution in [0, 0.1) is 5.92 Å². The number of nitrogens with zero attached hydrogens (tertiary/aromatic N) is 3. The molecule has 11 nitrogen and oxygen atoms in total. The predicted octanol–water partition coefficient (Wildman–Crippen LogP) is -0.0265. The van der Waals surface area contributed by atoms with Gasteiger partial charge in [0.2, 0.25) is 5.95 Å². The maximum absolute atomic E-state index is 11.8. The van der Waals surface area contributed by atoms with Crippen LogP contribution in [0.25, 0.3) is 11.2 Å². The van der Waals surface area contributed by atoms with E-state index in [1.54, 1.807) is 11.5 Å². The first kappa shape index (κ1) is 23.4. The topological polar surface area (TPSA) is 168 Å². The van der Waals surface area contributed by atoms with Gasteiger partial charge >= 0.3 is 11.9 Å². The summed E-state index contributed by atoms with van der Waals surface area (Å²) in [5.74, 6) is -1.13. The zero-order valence-corrected chi connectivity index (χ0v) is 16.5. The van der Waals surface area contributed by atoms with Crippen molar-refractivity contribution in [2.45, 2.75) is 39.3 Å². The van der Waals surface area contributed by atoms with Crippen LogP contribution in [0.2, 0.25) is 0 Å². The summed E-state index contributed by atoms with van der Waals surface area (Å²) < 4.78 is 12.0. The van der Waals surface area contributed by atoms with Gasteiger partial charge in [0.1, 0.15) is 6.04 Å². The first-order valence-electron chi connectivity index (χ1n) is 8.60. The highest BCUT2D eigenvalue weighted by Gasteiger charge is 2.18. The number of carbonyl (C=O) groups excluding carboxylic acids is 2. The van der Waals surface area contributed by atoms with E-state index in [1.807, 2.05) is 0 Å². The Labute approximate surface area is 167 Å². The first-order valence-corrected chi connectivity index (χ1v) is 8.60. The molecule has 2 heterocycles. The molecule has 0 aliphatic carbocycles. The molecule has 0 aliphatic heterocycles. The molecule has 2 rings (SSSR count). The predicted molar refractivity (Wildman–Crippen MR) is 104 cm³/mol. The van der Waals surface area contributed by atoms with E-state index in [0.717, 1.165) is 0 Å². The molecule has 0 fully saturated rings. The molecule has 0 saturated heterocycles. The molecule has 0 aliphatic rings. The number of aromatic nitrogens is 4. The van der Waals surface area contributed by atoms with Crippen molar-refractivity contribution in [2.75, 3.05) is 18.9 Å². The number of ether oxygens (including phenoxy) is 2. The summed E-state index contributed by atoms with van der Waals surface area (Å²) in [6.07, 6.45) is 2.23. The molecule has 0 bridgehead atoms. The number of hydrogen-bond donors (Lipinski definition) is 3. The Balaban J connectivity index is 0.00000392. The zero-order chi connectivity index (χ0) is 20.0. The van der Waals surface area contributed by atoms with E-state index in [-0.39, 0.29) is 55.4 Å². The molecule has 28 heavy (non-hydrogen) atoms. The third kappa shape index (κ3) is 6.20. The number of carbonyl (C=O) groups is 2. The maximum Gasteiger partial charge on any atom is 0.322 e.